The molecule has 1 aromatic carbocycles. The molecule has 0 spiro atoms. The van der Waals surface area contributed by atoms with Crippen molar-refractivity contribution in [2.75, 3.05) is 13.7 Å². The van der Waals surface area contributed by atoms with Gasteiger partial charge in [-0.2, -0.15) is 5.10 Å². The Labute approximate surface area is 134 Å². The Morgan fingerprint density at radius 1 is 1.43 bits per heavy atom. The fourth-order valence-electron chi connectivity index (χ4n) is 2.63. The number of aromatic nitrogens is 2. The number of amides is 1. The van der Waals surface area contributed by atoms with Crippen LogP contribution in [0.2, 0.25) is 0 Å². The maximum absolute atomic E-state index is 12.3. The van der Waals surface area contributed by atoms with Gasteiger partial charge in [0.15, 0.2) is 0 Å². The van der Waals surface area contributed by atoms with Gasteiger partial charge in [0.05, 0.1) is 12.8 Å². The number of H-pyrrole nitrogens is 1. The highest BCUT2D eigenvalue weighted by atomic mass is 16.5. The number of hydrogen-bond donors (Lipinski definition) is 3. The lowest BCUT2D eigenvalue weighted by molar-refractivity contribution is 0.0936. The molecule has 1 amide bonds. The monoisotopic (exact) mass is 313 g/mol. The second-order valence-electron chi connectivity index (χ2n) is 5.54. The largest absolute Gasteiger partial charge is 0.497 e. The van der Waals surface area contributed by atoms with Crippen molar-refractivity contribution in [1.29, 1.82) is 0 Å². The molecular weight excluding hydrogens is 294 g/mol. The molecule has 2 aromatic rings. The van der Waals surface area contributed by atoms with Crippen LogP contribution in [0.15, 0.2) is 42.5 Å². The zero-order chi connectivity index (χ0) is 16.2. The number of rotatable bonds is 5. The molecule has 2 atom stereocenters. The third-order valence-corrected chi connectivity index (χ3v) is 3.91. The summed E-state index contributed by atoms with van der Waals surface area (Å²) < 4.78 is 5.19. The van der Waals surface area contributed by atoms with E-state index >= 15 is 0 Å². The number of nitrogens with one attached hydrogen (secondary N) is 2. The molecule has 3 N–H and O–H groups in total. The van der Waals surface area contributed by atoms with Crippen molar-refractivity contribution < 1.29 is 14.6 Å². The van der Waals surface area contributed by atoms with E-state index in [1.54, 1.807) is 13.2 Å². The van der Waals surface area contributed by atoms with E-state index in [2.05, 4.69) is 15.5 Å². The van der Waals surface area contributed by atoms with Crippen molar-refractivity contribution >= 4 is 5.91 Å². The molecule has 1 aliphatic carbocycles. The molecule has 0 aliphatic heterocycles. The number of carbonyl (C=O) groups is 1. The lowest BCUT2D eigenvalue weighted by atomic mass is 10.1. The minimum absolute atomic E-state index is 0.0526. The summed E-state index contributed by atoms with van der Waals surface area (Å²) in [6, 6.07) is 9.17. The summed E-state index contributed by atoms with van der Waals surface area (Å²) in [6.07, 6.45) is 4.57. The van der Waals surface area contributed by atoms with Crippen LogP contribution in [0.3, 0.4) is 0 Å². The van der Waals surface area contributed by atoms with Crippen molar-refractivity contribution in [2.45, 2.75) is 12.5 Å². The van der Waals surface area contributed by atoms with E-state index in [4.69, 9.17) is 9.84 Å². The van der Waals surface area contributed by atoms with Gasteiger partial charge in [-0.15, -0.1) is 0 Å². The smallest absolute Gasteiger partial charge is 0.269 e. The first-order chi connectivity index (χ1) is 11.2. The predicted octanol–water partition coefficient (Wildman–Crippen LogP) is 1.75. The summed E-state index contributed by atoms with van der Waals surface area (Å²) >= 11 is 0. The molecule has 23 heavy (non-hydrogen) atoms. The first-order valence-electron chi connectivity index (χ1n) is 7.49. The second kappa shape index (κ2) is 6.66. The van der Waals surface area contributed by atoms with Crippen molar-refractivity contribution in [1.82, 2.24) is 15.5 Å². The molecule has 1 heterocycles. The van der Waals surface area contributed by atoms with Gasteiger partial charge in [0.1, 0.15) is 11.4 Å². The van der Waals surface area contributed by atoms with Crippen LogP contribution in [0, 0.1) is 5.92 Å². The van der Waals surface area contributed by atoms with Crippen molar-refractivity contribution in [3.8, 4) is 17.0 Å². The van der Waals surface area contributed by atoms with Crippen LogP contribution in [0.4, 0.5) is 0 Å². The normalized spacial score (nSPS) is 19.7. The highest BCUT2D eigenvalue weighted by molar-refractivity contribution is 5.93. The molecule has 1 aliphatic rings. The SMILES string of the molecule is COc1cccc(-c2cc(C(=O)N[C@@H]3C=C[C@H](CO)C3)[nH]n2)c1. The molecule has 6 heteroatoms. The average Bonchev–Trinajstić information content (AvgIpc) is 3.24. The second-order valence-corrected chi connectivity index (χ2v) is 5.54. The molecule has 0 unspecified atom stereocenters. The van der Waals surface area contributed by atoms with Crippen molar-refractivity contribution in [2.24, 2.45) is 5.92 Å². The summed E-state index contributed by atoms with van der Waals surface area (Å²) in [5.41, 5.74) is 1.97. The van der Waals surface area contributed by atoms with Gasteiger partial charge in [-0.3, -0.25) is 9.89 Å². The van der Waals surface area contributed by atoms with Gasteiger partial charge in [-0.25, -0.2) is 0 Å². The van der Waals surface area contributed by atoms with Gasteiger partial charge in [0.25, 0.3) is 5.91 Å². The average molecular weight is 313 g/mol. The van der Waals surface area contributed by atoms with E-state index in [1.807, 2.05) is 36.4 Å². The number of ether oxygens (including phenoxy) is 1. The number of hydrogen-bond acceptors (Lipinski definition) is 4. The van der Waals surface area contributed by atoms with Crippen molar-refractivity contribution in [3.05, 3.63) is 48.2 Å². The van der Waals surface area contributed by atoms with Gasteiger partial charge in [0.2, 0.25) is 0 Å². The van der Waals surface area contributed by atoms with E-state index in [1.165, 1.54) is 0 Å². The minimum Gasteiger partial charge on any atom is -0.497 e. The summed E-state index contributed by atoms with van der Waals surface area (Å²) in [5, 5.41) is 19.0. The number of nitrogens with zero attached hydrogens (tertiary/aromatic N) is 1. The fraction of sp³-hybridized carbons (Fsp3) is 0.294. The molecule has 0 radical (unpaired) electrons. The Balaban J connectivity index is 1.69. The highest BCUT2D eigenvalue weighted by Crippen LogP contribution is 2.23. The minimum atomic E-state index is -0.208. The summed E-state index contributed by atoms with van der Waals surface area (Å²) in [6.45, 7) is 0.104. The Bertz CT molecular complexity index is 723. The Hall–Kier alpha value is -2.60. The fourth-order valence-corrected chi connectivity index (χ4v) is 2.63. The van der Waals surface area contributed by atoms with Crippen LogP contribution in [0.5, 0.6) is 5.75 Å². The van der Waals surface area contributed by atoms with Crippen molar-refractivity contribution in [3.63, 3.8) is 0 Å². The summed E-state index contributed by atoms with van der Waals surface area (Å²) in [5.74, 6) is 0.650. The third-order valence-electron chi connectivity index (χ3n) is 3.91. The number of aromatic amines is 1. The van der Waals surface area contributed by atoms with E-state index in [0.717, 1.165) is 17.7 Å². The zero-order valence-electron chi connectivity index (χ0n) is 12.8. The molecule has 0 saturated heterocycles. The first kappa shape index (κ1) is 15.3. The van der Waals surface area contributed by atoms with Crippen LogP contribution >= 0.6 is 0 Å². The molecule has 0 saturated carbocycles. The summed E-state index contributed by atoms with van der Waals surface area (Å²) in [4.78, 5) is 12.3. The molecule has 120 valence electrons. The molecule has 0 fully saturated rings. The number of carbonyl (C=O) groups excluding carboxylic acids is 1. The zero-order valence-corrected chi connectivity index (χ0v) is 12.8. The van der Waals surface area contributed by atoms with Crippen LogP contribution in [0.25, 0.3) is 11.3 Å². The topological polar surface area (TPSA) is 87.2 Å². The number of aliphatic hydroxyl groups excluding tert-OH is 1. The van der Waals surface area contributed by atoms with Crippen LogP contribution in [0.1, 0.15) is 16.9 Å². The van der Waals surface area contributed by atoms with E-state index in [-0.39, 0.29) is 24.5 Å². The van der Waals surface area contributed by atoms with Crippen LogP contribution < -0.4 is 10.1 Å². The Kier molecular flexibility index (Phi) is 4.43. The van der Waals surface area contributed by atoms with Crippen LogP contribution in [-0.2, 0) is 0 Å². The maximum atomic E-state index is 12.3. The Morgan fingerprint density at radius 2 is 2.30 bits per heavy atom. The number of methoxy groups -OCH3 is 1. The lowest BCUT2D eigenvalue weighted by Gasteiger charge is -2.11. The molecule has 0 bridgehead atoms. The van der Waals surface area contributed by atoms with Gasteiger partial charge < -0.3 is 15.2 Å². The third kappa shape index (κ3) is 3.43. The lowest BCUT2D eigenvalue weighted by Crippen LogP contribution is -2.33. The standard InChI is InChI=1S/C17H19N3O3/c1-23-14-4-2-3-12(8-14)15-9-16(20-19-15)17(22)18-13-6-5-11(7-13)10-21/h2-6,8-9,11,13,21H,7,10H2,1H3,(H,18,22)(H,19,20)/t11-,13+/m0/s1. The number of aliphatic hydroxyl groups is 1. The van der Waals surface area contributed by atoms with E-state index in [9.17, 15) is 4.79 Å². The van der Waals surface area contributed by atoms with Gasteiger partial charge >= 0.3 is 0 Å². The highest BCUT2D eigenvalue weighted by Gasteiger charge is 2.21. The maximum Gasteiger partial charge on any atom is 0.269 e. The quantitative estimate of drug-likeness (QED) is 0.734. The first-order valence-corrected chi connectivity index (χ1v) is 7.49. The van der Waals surface area contributed by atoms with E-state index < -0.39 is 0 Å². The van der Waals surface area contributed by atoms with E-state index in [0.29, 0.717) is 11.4 Å². The van der Waals surface area contributed by atoms with Gasteiger partial charge in [-0.1, -0.05) is 24.3 Å². The summed E-state index contributed by atoms with van der Waals surface area (Å²) in [7, 11) is 1.61. The van der Waals surface area contributed by atoms with Gasteiger partial charge in [-0.05, 0) is 24.6 Å². The number of benzene rings is 1. The molecular formula is C17H19N3O3. The van der Waals surface area contributed by atoms with Gasteiger partial charge in [0, 0.05) is 24.1 Å². The molecule has 1 aromatic heterocycles. The molecule has 6 nitrogen and oxygen atoms in total. The Morgan fingerprint density at radius 3 is 3.04 bits per heavy atom. The molecule has 3 rings (SSSR count). The predicted molar refractivity (Wildman–Crippen MR) is 86.2 cm³/mol. The van der Waals surface area contributed by atoms with Crippen LogP contribution in [-0.4, -0.2) is 41.0 Å².